The van der Waals surface area contributed by atoms with E-state index in [2.05, 4.69) is 30.1 Å². The molecule has 0 aromatic carbocycles. The van der Waals surface area contributed by atoms with Gasteiger partial charge in [-0.25, -0.2) is 9.50 Å². The Morgan fingerprint density at radius 1 is 1.17 bits per heavy atom. The van der Waals surface area contributed by atoms with E-state index in [1.54, 1.807) is 16.9 Å². The van der Waals surface area contributed by atoms with E-state index >= 15 is 0 Å². The molecule has 4 aromatic rings. The molecule has 4 aromatic heterocycles. The van der Waals surface area contributed by atoms with Crippen LogP contribution in [0.3, 0.4) is 0 Å². The second kappa shape index (κ2) is 7.28. The van der Waals surface area contributed by atoms with Crippen molar-refractivity contribution in [3.63, 3.8) is 0 Å². The lowest BCUT2D eigenvalue weighted by Crippen LogP contribution is -2.33. The number of rotatable bonds is 4. The highest BCUT2D eigenvalue weighted by Gasteiger charge is 2.35. The Bertz CT molecular complexity index is 1180. The van der Waals surface area contributed by atoms with E-state index in [0.29, 0.717) is 37.3 Å². The van der Waals surface area contributed by atoms with Gasteiger partial charge in [0.05, 0.1) is 11.6 Å². The van der Waals surface area contributed by atoms with Crippen LogP contribution in [0.25, 0.3) is 27.7 Å². The Kier molecular flexibility index (Phi) is 4.58. The standard InChI is InChI=1S/C20H19F3N6O/c21-20(22,23)30-15-3-1-13(2-4-15)27-19-25-11-17-16(10-24-18(17)28-19)12-6-8-29-14(9-12)5-7-26-29/h5-11,13,15H,1-4H2,(H2,24,25,27,28). The van der Waals surface area contributed by atoms with Crippen LogP contribution >= 0.6 is 0 Å². The topological polar surface area (TPSA) is 80.1 Å². The summed E-state index contributed by atoms with van der Waals surface area (Å²) in [7, 11) is 0. The van der Waals surface area contributed by atoms with Crippen LogP contribution in [0.15, 0.2) is 43.0 Å². The zero-order valence-corrected chi connectivity index (χ0v) is 15.9. The number of aromatic nitrogens is 5. The van der Waals surface area contributed by atoms with Crippen LogP contribution in [0.1, 0.15) is 25.7 Å². The molecule has 2 N–H and O–H groups in total. The van der Waals surface area contributed by atoms with Gasteiger partial charge in [-0.1, -0.05) is 0 Å². The lowest BCUT2D eigenvalue weighted by molar-refractivity contribution is -0.345. The first-order chi connectivity index (χ1) is 14.4. The predicted molar refractivity (Wildman–Crippen MR) is 105 cm³/mol. The van der Waals surface area contributed by atoms with Gasteiger partial charge in [-0.2, -0.15) is 10.1 Å². The van der Waals surface area contributed by atoms with Gasteiger partial charge in [-0.3, -0.25) is 4.74 Å². The minimum Gasteiger partial charge on any atom is -0.351 e. The molecule has 0 bridgehead atoms. The van der Waals surface area contributed by atoms with E-state index in [1.807, 2.05) is 30.6 Å². The van der Waals surface area contributed by atoms with Gasteiger partial charge < -0.3 is 10.3 Å². The van der Waals surface area contributed by atoms with Gasteiger partial charge in [-0.15, -0.1) is 13.2 Å². The summed E-state index contributed by atoms with van der Waals surface area (Å²) in [5, 5.41) is 8.34. The molecule has 0 aliphatic heterocycles. The molecule has 7 nitrogen and oxygen atoms in total. The first-order valence-corrected chi connectivity index (χ1v) is 9.73. The van der Waals surface area contributed by atoms with Gasteiger partial charge in [-0.05, 0) is 49.4 Å². The molecule has 1 fully saturated rings. The molecule has 0 saturated heterocycles. The monoisotopic (exact) mass is 416 g/mol. The fraction of sp³-hybridized carbons (Fsp3) is 0.350. The third kappa shape index (κ3) is 3.82. The van der Waals surface area contributed by atoms with Gasteiger partial charge >= 0.3 is 6.36 Å². The third-order valence-corrected chi connectivity index (χ3v) is 5.45. The number of anilines is 1. The van der Waals surface area contributed by atoms with Crippen molar-refractivity contribution in [1.29, 1.82) is 0 Å². The Morgan fingerprint density at radius 2 is 2.00 bits per heavy atom. The Morgan fingerprint density at radius 3 is 2.80 bits per heavy atom. The van der Waals surface area contributed by atoms with E-state index in [9.17, 15) is 13.2 Å². The van der Waals surface area contributed by atoms with Crippen molar-refractivity contribution < 1.29 is 17.9 Å². The maximum Gasteiger partial charge on any atom is 0.522 e. The second-order valence-electron chi connectivity index (χ2n) is 7.46. The first-order valence-electron chi connectivity index (χ1n) is 9.73. The van der Waals surface area contributed by atoms with Crippen LogP contribution in [0.4, 0.5) is 19.1 Å². The molecule has 1 saturated carbocycles. The summed E-state index contributed by atoms with van der Waals surface area (Å²) in [4.78, 5) is 12.1. The lowest BCUT2D eigenvalue weighted by Gasteiger charge is -2.29. The van der Waals surface area contributed by atoms with Crippen LogP contribution in [-0.4, -0.2) is 43.1 Å². The average molecular weight is 416 g/mol. The van der Waals surface area contributed by atoms with E-state index in [1.165, 1.54) is 0 Å². The fourth-order valence-electron chi connectivity index (χ4n) is 4.00. The highest BCUT2D eigenvalue weighted by molar-refractivity contribution is 5.94. The molecular weight excluding hydrogens is 397 g/mol. The summed E-state index contributed by atoms with van der Waals surface area (Å²) in [6.07, 6.45) is 3.80. The molecule has 1 aliphatic carbocycles. The Labute approximate surface area is 169 Å². The minimum absolute atomic E-state index is 0.0224. The Balaban J connectivity index is 1.29. The van der Waals surface area contributed by atoms with Crippen molar-refractivity contribution >= 4 is 22.5 Å². The van der Waals surface area contributed by atoms with Crippen molar-refractivity contribution in [2.24, 2.45) is 0 Å². The van der Waals surface area contributed by atoms with Crippen molar-refractivity contribution in [1.82, 2.24) is 24.6 Å². The van der Waals surface area contributed by atoms with Crippen LogP contribution in [0.2, 0.25) is 0 Å². The van der Waals surface area contributed by atoms with Crippen molar-refractivity contribution in [3.05, 3.63) is 43.0 Å². The largest absolute Gasteiger partial charge is 0.522 e. The maximum atomic E-state index is 12.4. The van der Waals surface area contributed by atoms with Crippen LogP contribution in [0, 0.1) is 0 Å². The second-order valence-corrected chi connectivity index (χ2v) is 7.46. The van der Waals surface area contributed by atoms with Crippen molar-refractivity contribution in [3.8, 4) is 11.1 Å². The summed E-state index contributed by atoms with van der Waals surface area (Å²) < 4.78 is 43.0. The van der Waals surface area contributed by atoms with E-state index in [0.717, 1.165) is 22.0 Å². The number of alkyl halides is 3. The molecule has 0 radical (unpaired) electrons. The number of aromatic amines is 1. The van der Waals surface area contributed by atoms with Gasteiger partial charge in [0.25, 0.3) is 0 Å². The number of ether oxygens (including phenoxy) is 1. The Hall–Kier alpha value is -3.14. The highest BCUT2D eigenvalue weighted by Crippen LogP contribution is 2.31. The number of hydrogen-bond acceptors (Lipinski definition) is 5. The average Bonchev–Trinajstić information content (AvgIpc) is 3.34. The SMILES string of the molecule is FC(F)(F)OC1CCC(Nc2ncc3c(-c4ccn5nccc5c4)c[nH]c3n2)CC1. The zero-order valence-electron chi connectivity index (χ0n) is 15.9. The number of fused-ring (bicyclic) bond motifs is 2. The van der Waals surface area contributed by atoms with E-state index in [4.69, 9.17) is 0 Å². The number of nitrogens with one attached hydrogen (secondary N) is 2. The van der Waals surface area contributed by atoms with Gasteiger partial charge in [0.15, 0.2) is 0 Å². The summed E-state index contributed by atoms with van der Waals surface area (Å²) in [6.45, 7) is 0. The van der Waals surface area contributed by atoms with E-state index < -0.39 is 12.5 Å². The quantitative estimate of drug-likeness (QED) is 0.511. The van der Waals surface area contributed by atoms with Crippen LogP contribution in [-0.2, 0) is 4.74 Å². The van der Waals surface area contributed by atoms with Crippen LogP contribution in [0.5, 0.6) is 0 Å². The summed E-state index contributed by atoms with van der Waals surface area (Å²) in [5.74, 6) is 0.460. The summed E-state index contributed by atoms with van der Waals surface area (Å²) >= 11 is 0. The molecule has 30 heavy (non-hydrogen) atoms. The normalized spacial score (nSPS) is 20.1. The molecule has 0 unspecified atom stereocenters. The maximum absolute atomic E-state index is 12.4. The number of nitrogens with zero attached hydrogens (tertiary/aromatic N) is 4. The molecule has 1 aliphatic rings. The molecule has 0 amide bonds. The van der Waals surface area contributed by atoms with Crippen molar-refractivity contribution in [2.75, 3.05) is 5.32 Å². The number of pyridine rings is 1. The molecule has 0 atom stereocenters. The minimum atomic E-state index is -4.58. The lowest BCUT2D eigenvalue weighted by atomic mass is 9.93. The first kappa shape index (κ1) is 18.9. The number of hydrogen-bond donors (Lipinski definition) is 2. The molecule has 5 rings (SSSR count). The third-order valence-electron chi connectivity index (χ3n) is 5.45. The molecule has 4 heterocycles. The van der Waals surface area contributed by atoms with E-state index in [-0.39, 0.29) is 6.04 Å². The number of halogens is 3. The molecule has 156 valence electrons. The van der Waals surface area contributed by atoms with Gasteiger partial charge in [0, 0.05) is 41.8 Å². The summed E-state index contributed by atoms with van der Waals surface area (Å²) in [5.41, 5.74) is 3.71. The smallest absolute Gasteiger partial charge is 0.351 e. The van der Waals surface area contributed by atoms with Gasteiger partial charge in [0.2, 0.25) is 5.95 Å². The number of H-pyrrole nitrogens is 1. The predicted octanol–water partition coefficient (Wildman–Crippen LogP) is 4.53. The molecule has 10 heteroatoms. The van der Waals surface area contributed by atoms with Gasteiger partial charge in [0.1, 0.15) is 5.65 Å². The fourth-order valence-corrected chi connectivity index (χ4v) is 4.00. The van der Waals surface area contributed by atoms with Crippen LogP contribution < -0.4 is 5.32 Å². The zero-order chi connectivity index (χ0) is 20.7. The van der Waals surface area contributed by atoms with Crippen molar-refractivity contribution in [2.45, 2.75) is 44.2 Å². The highest BCUT2D eigenvalue weighted by atomic mass is 19.4. The molecule has 0 spiro atoms. The molecular formula is C20H19F3N6O. The summed E-state index contributed by atoms with van der Waals surface area (Å²) in [6, 6.07) is 5.99.